The van der Waals surface area contributed by atoms with Crippen LogP contribution in [0.2, 0.25) is 0 Å². The largest absolute Gasteiger partial charge is 0.468 e. The minimum Gasteiger partial charge on any atom is -0.468 e. The van der Waals surface area contributed by atoms with Crippen LogP contribution in [0.1, 0.15) is 18.4 Å². The maximum absolute atomic E-state index is 12.6. The summed E-state index contributed by atoms with van der Waals surface area (Å²) in [6.07, 6.45) is 5.36. The molecule has 4 heteroatoms. The molecule has 1 fully saturated rings. The summed E-state index contributed by atoms with van der Waals surface area (Å²) in [4.78, 5) is 24.8. The molecule has 3 rings (SSSR count). The number of carbonyl (C=O) groups excluding carboxylic acids is 2. The molecule has 21 heavy (non-hydrogen) atoms. The number of allylic oxidation sites excluding steroid dienone is 2. The zero-order chi connectivity index (χ0) is 14.9. The molecule has 0 saturated heterocycles. The van der Waals surface area contributed by atoms with Crippen LogP contribution in [0.5, 0.6) is 0 Å². The van der Waals surface area contributed by atoms with Crippen LogP contribution in [0.25, 0.3) is 0 Å². The molecule has 3 unspecified atom stereocenters. The van der Waals surface area contributed by atoms with Gasteiger partial charge in [-0.15, -0.1) is 0 Å². The van der Waals surface area contributed by atoms with Gasteiger partial charge in [-0.2, -0.15) is 0 Å². The fourth-order valence-corrected chi connectivity index (χ4v) is 3.44. The van der Waals surface area contributed by atoms with E-state index in [4.69, 9.17) is 9.47 Å². The van der Waals surface area contributed by atoms with Crippen LogP contribution in [-0.2, 0) is 25.7 Å². The first-order valence-electron chi connectivity index (χ1n) is 7.14. The minimum absolute atomic E-state index is 0.0989. The highest BCUT2D eigenvalue weighted by Crippen LogP contribution is 2.53. The molecule has 0 spiro atoms. The van der Waals surface area contributed by atoms with Crippen LogP contribution in [-0.4, -0.2) is 19.0 Å². The van der Waals surface area contributed by atoms with Gasteiger partial charge in [0.2, 0.25) is 0 Å². The lowest BCUT2D eigenvalue weighted by Gasteiger charge is -2.30. The summed E-state index contributed by atoms with van der Waals surface area (Å²) in [6, 6.07) is 9.46. The lowest BCUT2D eigenvalue weighted by molar-refractivity contribution is -0.174. The number of benzene rings is 1. The molecule has 0 N–H and O–H groups in total. The van der Waals surface area contributed by atoms with Gasteiger partial charge in [0.15, 0.2) is 5.41 Å². The molecule has 0 radical (unpaired) electrons. The van der Waals surface area contributed by atoms with E-state index in [1.165, 1.54) is 7.11 Å². The smallest absolute Gasteiger partial charge is 0.324 e. The third kappa shape index (κ3) is 2.24. The van der Waals surface area contributed by atoms with Crippen molar-refractivity contribution >= 4 is 11.9 Å². The van der Waals surface area contributed by atoms with Crippen molar-refractivity contribution in [1.82, 2.24) is 0 Å². The highest BCUT2D eigenvalue weighted by atomic mass is 16.6. The summed E-state index contributed by atoms with van der Waals surface area (Å²) in [7, 11) is 1.32. The SMILES string of the molecule is COC(=O)C1(C(=O)OCc2ccccc2)CC2C=CC1C2. The third-order valence-electron chi connectivity index (χ3n) is 4.52. The molecule has 2 aliphatic rings. The van der Waals surface area contributed by atoms with Crippen LogP contribution in [0.4, 0.5) is 0 Å². The lowest BCUT2D eigenvalue weighted by Crippen LogP contribution is -2.44. The second kappa shape index (κ2) is 5.35. The Morgan fingerprint density at radius 2 is 1.95 bits per heavy atom. The fourth-order valence-electron chi connectivity index (χ4n) is 3.44. The van der Waals surface area contributed by atoms with Crippen molar-refractivity contribution in [2.24, 2.45) is 17.3 Å². The van der Waals surface area contributed by atoms with E-state index in [2.05, 4.69) is 6.08 Å². The summed E-state index contributed by atoms with van der Waals surface area (Å²) < 4.78 is 10.3. The first kappa shape index (κ1) is 13.9. The number of fused-ring (bicyclic) bond motifs is 2. The molecule has 2 aliphatic carbocycles. The van der Waals surface area contributed by atoms with E-state index in [1.807, 2.05) is 36.4 Å². The standard InChI is InChI=1S/C17H18O4/c1-20-15(18)17(10-13-7-8-14(17)9-13)16(19)21-11-12-5-3-2-4-6-12/h2-8,13-14H,9-11H2,1H3. The number of hydrogen-bond acceptors (Lipinski definition) is 4. The van der Waals surface area contributed by atoms with Gasteiger partial charge in [0.25, 0.3) is 0 Å². The molecule has 1 aromatic carbocycles. The highest BCUT2D eigenvalue weighted by Gasteiger charge is 2.60. The second-order valence-corrected chi connectivity index (χ2v) is 5.72. The summed E-state index contributed by atoms with van der Waals surface area (Å²) in [5.41, 5.74) is -0.243. The Kier molecular flexibility index (Phi) is 3.53. The van der Waals surface area contributed by atoms with Crippen LogP contribution < -0.4 is 0 Å². The molecule has 4 nitrogen and oxygen atoms in total. The van der Waals surface area contributed by atoms with Gasteiger partial charge in [0, 0.05) is 5.92 Å². The van der Waals surface area contributed by atoms with E-state index in [-0.39, 0.29) is 18.4 Å². The Labute approximate surface area is 123 Å². The normalized spacial score (nSPS) is 29.4. The van der Waals surface area contributed by atoms with Crippen molar-refractivity contribution in [2.45, 2.75) is 19.4 Å². The maximum atomic E-state index is 12.6. The number of carbonyl (C=O) groups is 2. The molecule has 1 aromatic rings. The Hall–Kier alpha value is -2.10. The van der Waals surface area contributed by atoms with E-state index in [0.717, 1.165) is 12.0 Å². The quantitative estimate of drug-likeness (QED) is 0.485. The number of ether oxygens (including phenoxy) is 2. The monoisotopic (exact) mass is 286 g/mol. The molecule has 0 aliphatic heterocycles. The molecule has 0 heterocycles. The van der Waals surface area contributed by atoms with Crippen molar-refractivity contribution in [2.75, 3.05) is 7.11 Å². The van der Waals surface area contributed by atoms with Crippen LogP contribution in [0.15, 0.2) is 42.5 Å². The van der Waals surface area contributed by atoms with E-state index < -0.39 is 17.4 Å². The van der Waals surface area contributed by atoms with Crippen molar-refractivity contribution in [3.8, 4) is 0 Å². The Balaban J connectivity index is 1.77. The van der Waals surface area contributed by atoms with Crippen molar-refractivity contribution in [3.63, 3.8) is 0 Å². The number of hydrogen-bond donors (Lipinski definition) is 0. The first-order chi connectivity index (χ1) is 10.2. The molecule has 0 aromatic heterocycles. The van der Waals surface area contributed by atoms with Crippen molar-refractivity contribution in [3.05, 3.63) is 48.0 Å². The van der Waals surface area contributed by atoms with E-state index in [9.17, 15) is 9.59 Å². The topological polar surface area (TPSA) is 52.6 Å². The van der Waals surface area contributed by atoms with E-state index in [0.29, 0.717) is 6.42 Å². The van der Waals surface area contributed by atoms with Gasteiger partial charge in [-0.25, -0.2) is 0 Å². The lowest BCUT2D eigenvalue weighted by atomic mass is 9.75. The van der Waals surface area contributed by atoms with E-state index in [1.54, 1.807) is 0 Å². The molecular formula is C17H18O4. The molecule has 2 bridgehead atoms. The third-order valence-corrected chi connectivity index (χ3v) is 4.52. The zero-order valence-corrected chi connectivity index (χ0v) is 12.0. The minimum atomic E-state index is -1.15. The van der Waals surface area contributed by atoms with Gasteiger partial charge in [0.1, 0.15) is 6.61 Å². The van der Waals surface area contributed by atoms with Crippen molar-refractivity contribution < 1.29 is 19.1 Å². The maximum Gasteiger partial charge on any atom is 0.324 e. The molecule has 110 valence electrons. The van der Waals surface area contributed by atoms with Gasteiger partial charge in [0.05, 0.1) is 7.11 Å². The Bertz CT molecular complexity index is 578. The summed E-state index contributed by atoms with van der Waals surface area (Å²) in [6.45, 7) is 0.180. The Morgan fingerprint density at radius 1 is 1.19 bits per heavy atom. The Morgan fingerprint density at radius 3 is 2.52 bits per heavy atom. The van der Waals surface area contributed by atoms with Gasteiger partial charge in [-0.3, -0.25) is 9.59 Å². The van der Waals surface area contributed by atoms with Gasteiger partial charge < -0.3 is 9.47 Å². The van der Waals surface area contributed by atoms with Gasteiger partial charge >= 0.3 is 11.9 Å². The first-order valence-corrected chi connectivity index (χ1v) is 7.14. The molecule has 1 saturated carbocycles. The number of rotatable bonds is 4. The zero-order valence-electron chi connectivity index (χ0n) is 12.0. The van der Waals surface area contributed by atoms with Gasteiger partial charge in [-0.05, 0) is 24.3 Å². The summed E-state index contributed by atoms with van der Waals surface area (Å²) in [5, 5.41) is 0. The average molecular weight is 286 g/mol. The van der Waals surface area contributed by atoms with Crippen LogP contribution >= 0.6 is 0 Å². The average Bonchev–Trinajstić information content (AvgIpc) is 3.14. The molecular weight excluding hydrogens is 268 g/mol. The second-order valence-electron chi connectivity index (χ2n) is 5.72. The van der Waals surface area contributed by atoms with Crippen LogP contribution in [0.3, 0.4) is 0 Å². The molecule has 3 atom stereocenters. The van der Waals surface area contributed by atoms with Crippen molar-refractivity contribution in [1.29, 1.82) is 0 Å². The fraction of sp³-hybridized carbons (Fsp3) is 0.412. The van der Waals surface area contributed by atoms with E-state index >= 15 is 0 Å². The molecule has 0 amide bonds. The number of methoxy groups -OCH3 is 1. The van der Waals surface area contributed by atoms with Crippen LogP contribution in [0, 0.1) is 17.3 Å². The predicted molar refractivity (Wildman–Crippen MR) is 76.0 cm³/mol. The predicted octanol–water partition coefficient (Wildman–Crippen LogP) is 2.49. The number of esters is 2. The summed E-state index contributed by atoms with van der Waals surface area (Å²) >= 11 is 0. The highest BCUT2D eigenvalue weighted by molar-refractivity contribution is 6.01. The van der Waals surface area contributed by atoms with Gasteiger partial charge in [-0.1, -0.05) is 42.5 Å². The summed E-state index contributed by atoms with van der Waals surface area (Å²) in [5.74, 6) is -0.760.